The molecule has 0 bridgehead atoms. The van der Waals surface area contributed by atoms with Crippen LogP contribution in [0, 0.1) is 0 Å². The maximum atomic E-state index is 2.44. The van der Waals surface area contributed by atoms with Crippen LogP contribution in [0.25, 0.3) is 0 Å². The Balaban J connectivity index is 3.04. The first-order chi connectivity index (χ1) is 12.4. The van der Waals surface area contributed by atoms with Crippen molar-refractivity contribution in [3.05, 3.63) is 12.2 Å². The van der Waals surface area contributed by atoms with Gasteiger partial charge >= 0.3 is 0 Å². The van der Waals surface area contributed by atoms with Gasteiger partial charge in [-0.1, -0.05) is 135 Å². The van der Waals surface area contributed by atoms with Gasteiger partial charge in [-0.3, -0.25) is 0 Å². The van der Waals surface area contributed by atoms with Gasteiger partial charge < -0.3 is 0 Å². The number of hydrogen-bond donors (Lipinski definition) is 0. The summed E-state index contributed by atoms with van der Waals surface area (Å²) >= 11 is 0. The molecule has 0 atom stereocenters. The first-order valence-corrected chi connectivity index (χ1v) is 12.1. The van der Waals surface area contributed by atoms with Crippen molar-refractivity contribution in [1.82, 2.24) is 0 Å². The summed E-state index contributed by atoms with van der Waals surface area (Å²) in [5.74, 6) is 0. The molecule has 25 heavy (non-hydrogen) atoms. The molecular formula is C25H50. The molecule has 0 saturated carbocycles. The fraction of sp³-hybridized carbons (Fsp3) is 0.920. The zero-order valence-corrected chi connectivity index (χ0v) is 18.0. The topological polar surface area (TPSA) is 0 Å². The maximum Gasteiger partial charge on any atom is -0.0351 e. The molecule has 0 spiro atoms. The molecule has 0 heteroatoms. The van der Waals surface area contributed by atoms with E-state index in [1.165, 1.54) is 135 Å². The van der Waals surface area contributed by atoms with E-state index >= 15 is 0 Å². The Labute approximate surface area is 161 Å². The molecule has 0 aromatic heterocycles. The van der Waals surface area contributed by atoms with Crippen molar-refractivity contribution in [1.29, 1.82) is 0 Å². The van der Waals surface area contributed by atoms with E-state index in [0.29, 0.717) is 0 Å². The highest BCUT2D eigenvalue weighted by Crippen LogP contribution is 2.13. The Hall–Kier alpha value is -0.260. The molecule has 0 amide bonds. The highest BCUT2D eigenvalue weighted by Gasteiger charge is 1.93. The Bertz CT molecular complexity index is 240. The molecule has 0 N–H and O–H groups in total. The van der Waals surface area contributed by atoms with E-state index in [-0.39, 0.29) is 0 Å². The molecule has 0 aliphatic carbocycles. The first-order valence-electron chi connectivity index (χ1n) is 12.1. The van der Waals surface area contributed by atoms with Crippen LogP contribution in [0.4, 0.5) is 0 Å². The summed E-state index contributed by atoms with van der Waals surface area (Å²) in [5, 5.41) is 0. The summed E-state index contributed by atoms with van der Waals surface area (Å²) in [5.41, 5.74) is 0. The van der Waals surface area contributed by atoms with Gasteiger partial charge in [-0.05, 0) is 25.7 Å². The van der Waals surface area contributed by atoms with Crippen LogP contribution < -0.4 is 0 Å². The Kier molecular flexibility index (Phi) is 23.5. The van der Waals surface area contributed by atoms with E-state index in [2.05, 4.69) is 26.0 Å². The average molecular weight is 351 g/mol. The van der Waals surface area contributed by atoms with Crippen LogP contribution in [-0.4, -0.2) is 0 Å². The Morgan fingerprint density at radius 2 is 0.560 bits per heavy atom. The van der Waals surface area contributed by atoms with Crippen LogP contribution >= 0.6 is 0 Å². The van der Waals surface area contributed by atoms with Crippen molar-refractivity contribution >= 4 is 0 Å². The second-order valence-electron chi connectivity index (χ2n) is 8.06. The van der Waals surface area contributed by atoms with Gasteiger partial charge in [0, 0.05) is 0 Å². The zero-order chi connectivity index (χ0) is 18.3. The molecule has 150 valence electrons. The van der Waals surface area contributed by atoms with E-state index in [0.717, 1.165) is 0 Å². The lowest BCUT2D eigenvalue weighted by molar-refractivity contribution is 0.550. The number of allylic oxidation sites excluding steroid dienone is 2. The molecule has 0 radical (unpaired) electrons. The van der Waals surface area contributed by atoms with Crippen molar-refractivity contribution in [3.63, 3.8) is 0 Å². The van der Waals surface area contributed by atoms with E-state index < -0.39 is 0 Å². The van der Waals surface area contributed by atoms with Crippen molar-refractivity contribution in [2.24, 2.45) is 0 Å². The second-order valence-corrected chi connectivity index (χ2v) is 8.06. The van der Waals surface area contributed by atoms with Crippen LogP contribution in [0.3, 0.4) is 0 Å². The standard InChI is InChI=1S/C25H50/c1-3-5-7-9-11-13-15-17-19-21-23-25-24-22-20-18-16-14-12-10-8-6-4-2/h21,23H,3-20,22,24-25H2,1-2H3. The van der Waals surface area contributed by atoms with Gasteiger partial charge in [-0.25, -0.2) is 0 Å². The lowest BCUT2D eigenvalue weighted by Crippen LogP contribution is -1.82. The van der Waals surface area contributed by atoms with E-state index in [1.807, 2.05) is 0 Å². The monoisotopic (exact) mass is 350 g/mol. The van der Waals surface area contributed by atoms with Crippen molar-refractivity contribution in [2.75, 3.05) is 0 Å². The van der Waals surface area contributed by atoms with Gasteiger partial charge in [0.2, 0.25) is 0 Å². The molecule has 0 nitrogen and oxygen atoms in total. The van der Waals surface area contributed by atoms with Gasteiger partial charge in [0.25, 0.3) is 0 Å². The lowest BCUT2D eigenvalue weighted by atomic mass is 10.0. The molecule has 0 aliphatic rings. The van der Waals surface area contributed by atoms with E-state index in [4.69, 9.17) is 0 Å². The van der Waals surface area contributed by atoms with Crippen LogP contribution in [0.1, 0.15) is 149 Å². The molecule has 0 aliphatic heterocycles. The second kappa shape index (κ2) is 23.7. The number of hydrogen-bond acceptors (Lipinski definition) is 0. The molecule has 0 aromatic carbocycles. The van der Waals surface area contributed by atoms with Crippen LogP contribution in [-0.2, 0) is 0 Å². The minimum atomic E-state index is 1.31. The largest absolute Gasteiger partial charge is 0.0885 e. The molecule has 0 aromatic rings. The minimum absolute atomic E-state index is 1.31. The predicted molar refractivity (Wildman–Crippen MR) is 117 cm³/mol. The number of unbranched alkanes of at least 4 members (excludes halogenated alkanes) is 19. The Morgan fingerprint density at radius 1 is 0.320 bits per heavy atom. The average Bonchev–Trinajstić information content (AvgIpc) is 2.63. The maximum absolute atomic E-state index is 2.44. The SMILES string of the molecule is CCCCCCCCCCC=CCCCCCCCCCCCCC. The summed E-state index contributed by atoms with van der Waals surface area (Å²) in [4.78, 5) is 0. The molecule has 0 fully saturated rings. The molecule has 0 saturated heterocycles. The minimum Gasteiger partial charge on any atom is -0.0885 e. The highest BCUT2D eigenvalue weighted by molar-refractivity contribution is 4.81. The van der Waals surface area contributed by atoms with Crippen molar-refractivity contribution in [2.45, 2.75) is 149 Å². The third kappa shape index (κ3) is 23.7. The van der Waals surface area contributed by atoms with Crippen molar-refractivity contribution in [3.8, 4) is 0 Å². The summed E-state index contributed by atoms with van der Waals surface area (Å²) in [6, 6.07) is 0. The van der Waals surface area contributed by atoms with Gasteiger partial charge in [-0.2, -0.15) is 0 Å². The van der Waals surface area contributed by atoms with Gasteiger partial charge in [0.05, 0.1) is 0 Å². The molecule has 0 rings (SSSR count). The Morgan fingerprint density at radius 3 is 0.840 bits per heavy atom. The van der Waals surface area contributed by atoms with E-state index in [9.17, 15) is 0 Å². The smallest absolute Gasteiger partial charge is 0.0351 e. The molecule has 0 unspecified atom stereocenters. The van der Waals surface area contributed by atoms with Crippen molar-refractivity contribution < 1.29 is 0 Å². The quantitative estimate of drug-likeness (QED) is 0.143. The van der Waals surface area contributed by atoms with Crippen LogP contribution in [0.2, 0.25) is 0 Å². The van der Waals surface area contributed by atoms with Crippen LogP contribution in [0.5, 0.6) is 0 Å². The fourth-order valence-electron chi connectivity index (χ4n) is 3.56. The predicted octanol–water partition coefficient (Wildman–Crippen LogP) is 9.77. The summed E-state index contributed by atoms with van der Waals surface area (Å²) < 4.78 is 0. The van der Waals surface area contributed by atoms with Gasteiger partial charge in [-0.15, -0.1) is 0 Å². The van der Waals surface area contributed by atoms with Crippen LogP contribution in [0.15, 0.2) is 12.2 Å². The summed E-state index contributed by atoms with van der Waals surface area (Å²) in [7, 11) is 0. The third-order valence-electron chi connectivity index (χ3n) is 5.37. The van der Waals surface area contributed by atoms with Gasteiger partial charge in [0.15, 0.2) is 0 Å². The third-order valence-corrected chi connectivity index (χ3v) is 5.37. The summed E-state index contributed by atoms with van der Waals surface area (Å²) in [6.07, 6.45) is 34.9. The number of rotatable bonds is 21. The van der Waals surface area contributed by atoms with E-state index in [1.54, 1.807) is 0 Å². The lowest BCUT2D eigenvalue weighted by Gasteiger charge is -2.02. The normalized spacial score (nSPS) is 11.6. The fourth-order valence-corrected chi connectivity index (χ4v) is 3.56. The molecule has 0 heterocycles. The first kappa shape index (κ1) is 24.7. The summed E-state index contributed by atoms with van der Waals surface area (Å²) in [6.45, 7) is 4.59. The van der Waals surface area contributed by atoms with Gasteiger partial charge in [0.1, 0.15) is 0 Å². The zero-order valence-electron chi connectivity index (χ0n) is 18.0. The molecular weight excluding hydrogens is 300 g/mol. The highest BCUT2D eigenvalue weighted by atomic mass is 14.0.